The van der Waals surface area contributed by atoms with E-state index in [1.54, 1.807) is 24.3 Å². The molecule has 0 unspecified atom stereocenters. The minimum atomic E-state index is -0.443. The first-order chi connectivity index (χ1) is 8.08. The zero-order valence-electron chi connectivity index (χ0n) is 8.58. The van der Waals surface area contributed by atoms with E-state index in [0.717, 1.165) is 4.47 Å². The van der Waals surface area contributed by atoms with E-state index in [1.165, 1.54) is 18.2 Å². The lowest BCUT2D eigenvalue weighted by molar-refractivity contribution is 0.103. The number of ketones is 1. The van der Waals surface area contributed by atoms with Gasteiger partial charge in [0.15, 0.2) is 5.78 Å². The van der Waals surface area contributed by atoms with Crippen LogP contribution in [0.15, 0.2) is 46.9 Å². The molecule has 0 N–H and O–H groups in total. The first-order valence-corrected chi connectivity index (χ1v) is 6.00. The summed E-state index contributed by atoms with van der Waals surface area (Å²) in [5.74, 6) is -0.738. The smallest absolute Gasteiger partial charge is 0.194 e. The van der Waals surface area contributed by atoms with Gasteiger partial charge in [0.25, 0.3) is 0 Å². The zero-order valence-corrected chi connectivity index (χ0v) is 10.9. The normalized spacial score (nSPS) is 10.3. The molecule has 2 rings (SSSR count). The van der Waals surface area contributed by atoms with Gasteiger partial charge in [0.1, 0.15) is 5.82 Å². The van der Waals surface area contributed by atoms with Crippen molar-refractivity contribution in [3.05, 3.63) is 68.9 Å². The van der Waals surface area contributed by atoms with E-state index < -0.39 is 5.82 Å². The summed E-state index contributed by atoms with van der Waals surface area (Å²) in [5, 5.41) is 0.350. The molecule has 0 atom stereocenters. The molecule has 2 aromatic carbocycles. The molecule has 0 amide bonds. The molecule has 0 spiro atoms. The van der Waals surface area contributed by atoms with Crippen LogP contribution in [-0.4, -0.2) is 5.78 Å². The van der Waals surface area contributed by atoms with Crippen molar-refractivity contribution in [3.63, 3.8) is 0 Å². The van der Waals surface area contributed by atoms with E-state index in [-0.39, 0.29) is 11.3 Å². The van der Waals surface area contributed by atoms with Crippen molar-refractivity contribution in [1.29, 1.82) is 0 Å². The first-order valence-electron chi connectivity index (χ1n) is 4.83. The quantitative estimate of drug-likeness (QED) is 0.748. The molecule has 2 aromatic rings. The Kier molecular flexibility index (Phi) is 3.60. The number of carbonyl (C=O) groups is 1. The van der Waals surface area contributed by atoms with Crippen molar-refractivity contribution in [2.45, 2.75) is 0 Å². The largest absolute Gasteiger partial charge is 0.289 e. The second-order valence-corrected chi connectivity index (χ2v) is 4.79. The van der Waals surface area contributed by atoms with Crippen molar-refractivity contribution in [1.82, 2.24) is 0 Å². The van der Waals surface area contributed by atoms with Gasteiger partial charge in [0.05, 0.1) is 5.02 Å². The summed E-state index contributed by atoms with van der Waals surface area (Å²) in [6, 6.07) is 10.5. The van der Waals surface area contributed by atoms with Crippen molar-refractivity contribution in [2.24, 2.45) is 0 Å². The molecular weight excluding hydrogens is 306 g/mol. The zero-order chi connectivity index (χ0) is 12.4. The van der Waals surface area contributed by atoms with Crippen molar-refractivity contribution >= 4 is 33.3 Å². The topological polar surface area (TPSA) is 17.1 Å². The molecule has 0 fully saturated rings. The Morgan fingerprint density at radius 1 is 1.18 bits per heavy atom. The molecule has 0 aromatic heterocycles. The highest BCUT2D eigenvalue weighted by Crippen LogP contribution is 2.23. The molecule has 4 heteroatoms. The van der Waals surface area contributed by atoms with E-state index in [1.807, 2.05) is 0 Å². The molecule has 0 saturated heterocycles. The fraction of sp³-hybridized carbons (Fsp3) is 0. The Balaban J connectivity index is 2.47. The predicted molar refractivity (Wildman–Crippen MR) is 69.0 cm³/mol. The maximum absolute atomic E-state index is 13.0. The predicted octanol–water partition coefficient (Wildman–Crippen LogP) is 4.47. The lowest BCUT2D eigenvalue weighted by Gasteiger charge is -2.04. The lowest BCUT2D eigenvalue weighted by Crippen LogP contribution is -2.02. The van der Waals surface area contributed by atoms with E-state index in [0.29, 0.717) is 10.6 Å². The first kappa shape index (κ1) is 12.3. The SMILES string of the molecule is O=C(c1cccc(F)c1)c1cc(Br)ccc1Cl. The number of benzene rings is 2. The van der Waals surface area contributed by atoms with Gasteiger partial charge in [-0.25, -0.2) is 4.39 Å². The van der Waals surface area contributed by atoms with Crippen LogP contribution in [0, 0.1) is 5.82 Å². The Morgan fingerprint density at radius 3 is 2.65 bits per heavy atom. The van der Waals surface area contributed by atoms with Gasteiger partial charge in [-0.05, 0) is 30.3 Å². The van der Waals surface area contributed by atoms with Crippen LogP contribution in [0.25, 0.3) is 0 Å². The molecule has 0 heterocycles. The molecule has 0 aliphatic carbocycles. The molecule has 0 radical (unpaired) electrons. The van der Waals surface area contributed by atoms with Crippen LogP contribution in [0.2, 0.25) is 5.02 Å². The molecule has 17 heavy (non-hydrogen) atoms. The highest BCUT2D eigenvalue weighted by atomic mass is 79.9. The molecule has 1 nitrogen and oxygen atoms in total. The van der Waals surface area contributed by atoms with Crippen LogP contribution < -0.4 is 0 Å². The van der Waals surface area contributed by atoms with E-state index in [2.05, 4.69) is 15.9 Å². The summed E-state index contributed by atoms with van der Waals surface area (Å²) in [4.78, 5) is 12.1. The van der Waals surface area contributed by atoms with Crippen molar-refractivity contribution in [2.75, 3.05) is 0 Å². The van der Waals surface area contributed by atoms with Gasteiger partial charge in [0.2, 0.25) is 0 Å². The van der Waals surface area contributed by atoms with Gasteiger partial charge in [-0.1, -0.05) is 39.7 Å². The summed E-state index contributed by atoms with van der Waals surface area (Å²) < 4.78 is 13.8. The summed E-state index contributed by atoms with van der Waals surface area (Å²) in [7, 11) is 0. The number of carbonyl (C=O) groups excluding carboxylic acids is 1. The minimum Gasteiger partial charge on any atom is -0.289 e. The number of hydrogen-bond donors (Lipinski definition) is 0. The molecular formula is C13H7BrClFO. The third-order valence-corrected chi connectivity index (χ3v) is 3.08. The third kappa shape index (κ3) is 2.73. The number of hydrogen-bond acceptors (Lipinski definition) is 1. The Bertz CT molecular complexity index is 583. The summed E-state index contributed by atoms with van der Waals surface area (Å²) >= 11 is 9.21. The van der Waals surface area contributed by atoms with Crippen molar-refractivity contribution < 1.29 is 9.18 Å². The van der Waals surface area contributed by atoms with Gasteiger partial charge in [-0.15, -0.1) is 0 Å². The monoisotopic (exact) mass is 312 g/mol. The second-order valence-electron chi connectivity index (χ2n) is 3.46. The van der Waals surface area contributed by atoms with Crippen LogP contribution in [0.4, 0.5) is 4.39 Å². The number of rotatable bonds is 2. The van der Waals surface area contributed by atoms with Crippen LogP contribution >= 0.6 is 27.5 Å². The van der Waals surface area contributed by atoms with Gasteiger partial charge in [-0.2, -0.15) is 0 Å². The average Bonchev–Trinajstić information content (AvgIpc) is 2.31. The molecule has 0 bridgehead atoms. The van der Waals surface area contributed by atoms with Gasteiger partial charge in [0, 0.05) is 15.6 Å². The minimum absolute atomic E-state index is 0.282. The maximum Gasteiger partial charge on any atom is 0.194 e. The van der Waals surface area contributed by atoms with Gasteiger partial charge >= 0.3 is 0 Å². The summed E-state index contributed by atoms with van der Waals surface area (Å²) in [6.45, 7) is 0. The van der Waals surface area contributed by atoms with Crippen LogP contribution in [-0.2, 0) is 0 Å². The van der Waals surface area contributed by atoms with Crippen LogP contribution in [0.3, 0.4) is 0 Å². The molecule has 0 aliphatic heterocycles. The van der Waals surface area contributed by atoms with Crippen LogP contribution in [0.1, 0.15) is 15.9 Å². The highest BCUT2D eigenvalue weighted by molar-refractivity contribution is 9.10. The highest BCUT2D eigenvalue weighted by Gasteiger charge is 2.13. The Hall–Kier alpha value is -1.19. The average molecular weight is 314 g/mol. The Morgan fingerprint density at radius 2 is 1.94 bits per heavy atom. The van der Waals surface area contributed by atoms with E-state index >= 15 is 0 Å². The van der Waals surface area contributed by atoms with E-state index in [9.17, 15) is 9.18 Å². The fourth-order valence-electron chi connectivity index (χ4n) is 1.46. The van der Waals surface area contributed by atoms with Gasteiger partial charge in [-0.3, -0.25) is 4.79 Å². The third-order valence-electron chi connectivity index (χ3n) is 2.26. The van der Waals surface area contributed by atoms with Crippen LogP contribution in [0.5, 0.6) is 0 Å². The maximum atomic E-state index is 13.0. The summed E-state index contributed by atoms with van der Waals surface area (Å²) in [5.41, 5.74) is 0.636. The standard InChI is InChI=1S/C13H7BrClFO/c14-9-4-5-12(15)11(7-9)13(17)8-2-1-3-10(16)6-8/h1-7H. The lowest BCUT2D eigenvalue weighted by atomic mass is 10.0. The number of halogens is 3. The van der Waals surface area contributed by atoms with E-state index in [4.69, 9.17) is 11.6 Å². The fourth-order valence-corrected chi connectivity index (χ4v) is 2.02. The summed E-state index contributed by atoms with van der Waals surface area (Å²) in [6.07, 6.45) is 0. The second kappa shape index (κ2) is 4.98. The Labute approximate surface area is 111 Å². The van der Waals surface area contributed by atoms with Crippen molar-refractivity contribution in [3.8, 4) is 0 Å². The molecule has 0 aliphatic rings. The van der Waals surface area contributed by atoms with Gasteiger partial charge < -0.3 is 0 Å². The molecule has 86 valence electrons. The molecule has 0 saturated carbocycles.